The molecule has 0 spiro atoms. The summed E-state index contributed by atoms with van der Waals surface area (Å²) in [6, 6.07) is 8.61. The summed E-state index contributed by atoms with van der Waals surface area (Å²) >= 11 is 0. The maximum absolute atomic E-state index is 13.3. The molecule has 1 fully saturated rings. The van der Waals surface area contributed by atoms with Gasteiger partial charge in [0.1, 0.15) is 42.2 Å². The van der Waals surface area contributed by atoms with Crippen LogP contribution >= 0.6 is 0 Å². The van der Waals surface area contributed by atoms with E-state index < -0.39 is 43.0 Å². The van der Waals surface area contributed by atoms with E-state index in [1.165, 1.54) is 17.2 Å². The molecule has 1 aromatic carbocycles. The number of hydrogen-bond acceptors (Lipinski definition) is 10. The normalized spacial score (nSPS) is 26.7. The summed E-state index contributed by atoms with van der Waals surface area (Å²) in [5.74, 6) is -0.200. The van der Waals surface area contributed by atoms with E-state index in [0.29, 0.717) is 5.75 Å². The van der Waals surface area contributed by atoms with Crippen LogP contribution in [-0.4, -0.2) is 72.1 Å². The van der Waals surface area contributed by atoms with Crippen molar-refractivity contribution >= 4 is 22.8 Å². The van der Waals surface area contributed by atoms with Crippen LogP contribution in [0.1, 0.15) is 0 Å². The van der Waals surface area contributed by atoms with E-state index in [1.807, 2.05) is 0 Å². The third-order valence-electron chi connectivity index (χ3n) is 4.85. The van der Waals surface area contributed by atoms with Crippen LogP contribution in [0.25, 0.3) is 11.2 Å². The standard InChI is InChI=1S/C18H19N5O6/c19-16-13-17(21-8-20-16)23(9-22-13)18(15(27)14(26)11(6-24)29-18)12(25)7-28-10-4-2-1-3-5-10/h1-5,8-9,11,14-15,24,26-27H,6-7H2,(H2,19,20,21)/t11-,14-,15-,18-/m1/s1. The van der Waals surface area contributed by atoms with Gasteiger partial charge >= 0.3 is 0 Å². The van der Waals surface area contributed by atoms with Crippen LogP contribution in [0.3, 0.4) is 0 Å². The summed E-state index contributed by atoms with van der Waals surface area (Å²) in [5, 5.41) is 30.6. The van der Waals surface area contributed by atoms with Crippen LogP contribution in [0, 0.1) is 0 Å². The van der Waals surface area contributed by atoms with Gasteiger partial charge in [-0.25, -0.2) is 15.0 Å². The molecule has 0 unspecified atom stereocenters. The Kier molecular flexibility index (Phi) is 4.88. The molecule has 0 radical (unpaired) electrons. The number of hydrogen-bond donors (Lipinski definition) is 4. The highest BCUT2D eigenvalue weighted by molar-refractivity contribution is 5.90. The molecule has 0 bridgehead atoms. The summed E-state index contributed by atoms with van der Waals surface area (Å²) in [6.45, 7) is -1.09. The SMILES string of the molecule is Nc1ncnc2c1ncn2[C@]1(C(=O)COc2ccccc2)O[C@H](CO)[C@@H](O)[C@H]1O. The van der Waals surface area contributed by atoms with Crippen molar-refractivity contribution in [1.29, 1.82) is 0 Å². The van der Waals surface area contributed by atoms with Crippen LogP contribution in [0.4, 0.5) is 5.82 Å². The van der Waals surface area contributed by atoms with Gasteiger partial charge in [0.2, 0.25) is 11.5 Å². The summed E-state index contributed by atoms with van der Waals surface area (Å²) in [7, 11) is 0. The molecule has 1 aliphatic rings. The molecule has 3 aromatic rings. The monoisotopic (exact) mass is 401 g/mol. The lowest BCUT2D eigenvalue weighted by atomic mass is 9.98. The lowest BCUT2D eigenvalue weighted by Gasteiger charge is -2.31. The van der Waals surface area contributed by atoms with E-state index in [0.717, 1.165) is 0 Å². The fourth-order valence-electron chi connectivity index (χ4n) is 3.38. The zero-order valence-corrected chi connectivity index (χ0v) is 15.1. The Hall–Kier alpha value is -3.12. The first-order valence-corrected chi connectivity index (χ1v) is 8.79. The van der Waals surface area contributed by atoms with Crippen molar-refractivity contribution in [2.75, 3.05) is 18.9 Å². The molecule has 3 heterocycles. The number of para-hydroxylation sites is 1. The van der Waals surface area contributed by atoms with Crippen molar-refractivity contribution in [3.05, 3.63) is 43.0 Å². The highest BCUT2D eigenvalue weighted by atomic mass is 16.6. The Balaban J connectivity index is 1.78. The number of fused-ring (bicyclic) bond motifs is 1. The first-order valence-electron chi connectivity index (χ1n) is 8.79. The van der Waals surface area contributed by atoms with Gasteiger partial charge in [0.15, 0.2) is 18.1 Å². The Morgan fingerprint density at radius 2 is 2.00 bits per heavy atom. The van der Waals surface area contributed by atoms with Crippen molar-refractivity contribution in [3.63, 3.8) is 0 Å². The molecule has 11 heteroatoms. The number of ether oxygens (including phenoxy) is 2. The van der Waals surface area contributed by atoms with Crippen molar-refractivity contribution < 1.29 is 29.6 Å². The van der Waals surface area contributed by atoms with Gasteiger partial charge in [-0.05, 0) is 12.1 Å². The highest BCUT2D eigenvalue weighted by Crippen LogP contribution is 2.38. The zero-order chi connectivity index (χ0) is 20.6. The van der Waals surface area contributed by atoms with E-state index >= 15 is 0 Å². The molecular weight excluding hydrogens is 382 g/mol. The van der Waals surface area contributed by atoms with Crippen molar-refractivity contribution in [2.24, 2.45) is 0 Å². The molecule has 4 rings (SSSR count). The summed E-state index contributed by atoms with van der Waals surface area (Å²) < 4.78 is 12.4. The number of aliphatic hydroxyl groups is 3. The lowest BCUT2D eigenvalue weighted by Crippen LogP contribution is -2.53. The van der Waals surface area contributed by atoms with Crippen molar-refractivity contribution in [3.8, 4) is 5.75 Å². The maximum Gasteiger partial charge on any atom is 0.240 e. The summed E-state index contributed by atoms with van der Waals surface area (Å²) in [4.78, 5) is 25.3. The minimum Gasteiger partial charge on any atom is -0.486 e. The van der Waals surface area contributed by atoms with Crippen LogP contribution in [0.5, 0.6) is 5.75 Å². The average Bonchev–Trinajstić information content (AvgIpc) is 3.28. The lowest BCUT2D eigenvalue weighted by molar-refractivity contribution is -0.175. The first kappa shape index (κ1) is 19.2. The van der Waals surface area contributed by atoms with E-state index in [9.17, 15) is 20.1 Å². The number of ketones is 1. The van der Waals surface area contributed by atoms with Crippen LogP contribution in [0.15, 0.2) is 43.0 Å². The van der Waals surface area contributed by atoms with Gasteiger partial charge in [-0.2, -0.15) is 0 Å². The number of anilines is 1. The number of aromatic nitrogens is 4. The zero-order valence-electron chi connectivity index (χ0n) is 15.1. The first-order chi connectivity index (χ1) is 14.0. The number of nitrogen functional groups attached to an aromatic ring is 1. The molecule has 152 valence electrons. The molecule has 1 saturated heterocycles. The van der Waals surface area contributed by atoms with Gasteiger partial charge < -0.3 is 30.5 Å². The van der Waals surface area contributed by atoms with Crippen LogP contribution in [0.2, 0.25) is 0 Å². The fraction of sp³-hybridized carbons (Fsp3) is 0.333. The molecule has 11 nitrogen and oxygen atoms in total. The van der Waals surface area contributed by atoms with E-state index in [4.69, 9.17) is 15.2 Å². The topological polar surface area (TPSA) is 166 Å². The second-order valence-corrected chi connectivity index (χ2v) is 6.54. The number of imidazole rings is 1. The molecule has 29 heavy (non-hydrogen) atoms. The predicted octanol–water partition coefficient (Wildman–Crippen LogP) is -1.18. The highest BCUT2D eigenvalue weighted by Gasteiger charge is 2.60. The molecule has 4 atom stereocenters. The average molecular weight is 401 g/mol. The number of rotatable bonds is 6. The van der Waals surface area contributed by atoms with E-state index in [2.05, 4.69) is 15.0 Å². The van der Waals surface area contributed by atoms with Gasteiger partial charge in [-0.15, -0.1) is 0 Å². The Bertz CT molecular complexity index is 1030. The summed E-state index contributed by atoms with van der Waals surface area (Å²) in [5.41, 5.74) is 4.00. The number of benzene rings is 1. The molecule has 5 N–H and O–H groups in total. The van der Waals surface area contributed by atoms with E-state index in [-0.39, 0.29) is 17.0 Å². The predicted molar refractivity (Wildman–Crippen MR) is 98.6 cm³/mol. The Morgan fingerprint density at radius 1 is 1.24 bits per heavy atom. The second kappa shape index (κ2) is 7.37. The third-order valence-corrected chi connectivity index (χ3v) is 4.85. The molecular formula is C18H19N5O6. The third kappa shape index (κ3) is 3.00. The van der Waals surface area contributed by atoms with Gasteiger partial charge in [0.25, 0.3) is 0 Å². The number of carbonyl (C=O) groups excluding carboxylic acids is 1. The van der Waals surface area contributed by atoms with Gasteiger partial charge in [0.05, 0.1) is 6.61 Å². The molecule has 0 aliphatic carbocycles. The summed E-state index contributed by atoms with van der Waals surface area (Å²) in [6.07, 6.45) is -2.07. The minimum atomic E-state index is -2.13. The molecule has 2 aromatic heterocycles. The van der Waals surface area contributed by atoms with Gasteiger partial charge in [0, 0.05) is 0 Å². The second-order valence-electron chi connectivity index (χ2n) is 6.54. The van der Waals surface area contributed by atoms with Crippen LogP contribution in [-0.2, 0) is 15.3 Å². The Labute approximate surface area is 164 Å². The number of aliphatic hydroxyl groups excluding tert-OH is 3. The quantitative estimate of drug-likeness (QED) is 0.395. The molecule has 1 aliphatic heterocycles. The Morgan fingerprint density at radius 3 is 2.69 bits per heavy atom. The maximum atomic E-state index is 13.3. The smallest absolute Gasteiger partial charge is 0.240 e. The fourth-order valence-corrected chi connectivity index (χ4v) is 3.38. The molecule has 0 saturated carbocycles. The number of carbonyl (C=O) groups is 1. The van der Waals surface area contributed by atoms with Crippen LogP contribution < -0.4 is 10.5 Å². The van der Waals surface area contributed by atoms with Gasteiger partial charge in [-0.1, -0.05) is 18.2 Å². The number of nitrogens with two attached hydrogens (primary N) is 1. The minimum absolute atomic E-state index is 0.0728. The van der Waals surface area contributed by atoms with E-state index in [1.54, 1.807) is 30.3 Å². The van der Waals surface area contributed by atoms with Crippen molar-refractivity contribution in [2.45, 2.75) is 24.0 Å². The number of nitrogens with zero attached hydrogens (tertiary/aromatic N) is 4. The molecule has 0 amide bonds. The largest absolute Gasteiger partial charge is 0.486 e. The number of Topliss-reactive ketones (excluding diaryl/α,β-unsaturated/α-hetero) is 1. The van der Waals surface area contributed by atoms with Crippen molar-refractivity contribution in [1.82, 2.24) is 19.5 Å². The van der Waals surface area contributed by atoms with Gasteiger partial charge in [-0.3, -0.25) is 9.36 Å².